The third-order valence-electron chi connectivity index (χ3n) is 2.87. The number of benzene rings is 1. The number of pyridine rings is 1. The van der Waals surface area contributed by atoms with Gasteiger partial charge in [-0.2, -0.15) is 0 Å². The Morgan fingerprint density at radius 2 is 2.11 bits per heavy atom. The van der Waals surface area contributed by atoms with Gasteiger partial charge in [-0.15, -0.1) is 0 Å². The lowest BCUT2D eigenvalue weighted by Crippen LogP contribution is -2.10. The second-order valence-electron chi connectivity index (χ2n) is 4.07. The first kappa shape index (κ1) is 11.3. The van der Waals surface area contributed by atoms with E-state index in [0.29, 0.717) is 16.4 Å². The van der Waals surface area contributed by atoms with E-state index in [9.17, 15) is 0 Å². The van der Waals surface area contributed by atoms with E-state index >= 15 is 0 Å². The third kappa shape index (κ3) is 1.88. The van der Waals surface area contributed by atoms with Gasteiger partial charge in [0.2, 0.25) is 0 Å². The maximum atomic E-state index is 6.15. The number of hydrogen-bond donors (Lipinski definition) is 1. The van der Waals surface area contributed by atoms with Crippen molar-refractivity contribution in [2.75, 3.05) is 0 Å². The van der Waals surface area contributed by atoms with Crippen LogP contribution in [0.1, 0.15) is 17.4 Å². The molecule has 3 rings (SSSR count). The summed E-state index contributed by atoms with van der Waals surface area (Å²) in [7, 11) is 0. The molecular formula is C14H11ClN2O. The van der Waals surface area contributed by atoms with Gasteiger partial charge >= 0.3 is 0 Å². The molecule has 0 spiro atoms. The number of nitrogens with zero attached hydrogens (tertiary/aromatic N) is 1. The molecule has 3 nitrogen and oxygen atoms in total. The topological polar surface area (TPSA) is 52.0 Å². The van der Waals surface area contributed by atoms with Crippen molar-refractivity contribution in [3.05, 3.63) is 65.1 Å². The zero-order chi connectivity index (χ0) is 12.5. The average molecular weight is 259 g/mol. The van der Waals surface area contributed by atoms with Crippen molar-refractivity contribution in [3.63, 3.8) is 0 Å². The zero-order valence-corrected chi connectivity index (χ0v) is 10.3. The van der Waals surface area contributed by atoms with Crippen LogP contribution in [0.15, 0.2) is 53.2 Å². The smallest absolute Gasteiger partial charge is 0.152 e. The summed E-state index contributed by atoms with van der Waals surface area (Å²) in [6.45, 7) is 0. The maximum absolute atomic E-state index is 6.15. The Morgan fingerprint density at radius 3 is 2.83 bits per heavy atom. The summed E-state index contributed by atoms with van der Waals surface area (Å²) < 4.78 is 5.73. The van der Waals surface area contributed by atoms with Gasteiger partial charge < -0.3 is 10.2 Å². The lowest BCUT2D eigenvalue weighted by atomic mass is 10.1. The summed E-state index contributed by atoms with van der Waals surface area (Å²) in [5.41, 5.74) is 7.74. The molecular weight excluding hydrogens is 248 g/mol. The Labute approximate surface area is 109 Å². The molecule has 4 heteroatoms. The first-order valence-electron chi connectivity index (χ1n) is 5.59. The van der Waals surface area contributed by atoms with E-state index in [2.05, 4.69) is 4.98 Å². The van der Waals surface area contributed by atoms with Crippen molar-refractivity contribution < 1.29 is 4.42 Å². The van der Waals surface area contributed by atoms with Crippen LogP contribution in [0.25, 0.3) is 11.0 Å². The molecule has 0 aliphatic carbocycles. The fourth-order valence-corrected chi connectivity index (χ4v) is 2.15. The molecule has 2 heterocycles. The normalized spacial score (nSPS) is 12.8. The molecule has 0 saturated heterocycles. The number of hydrogen-bond acceptors (Lipinski definition) is 3. The fourth-order valence-electron chi connectivity index (χ4n) is 1.92. The van der Waals surface area contributed by atoms with Gasteiger partial charge in [-0.25, -0.2) is 0 Å². The lowest BCUT2D eigenvalue weighted by Gasteiger charge is -2.07. The Morgan fingerprint density at radius 1 is 1.22 bits per heavy atom. The molecule has 2 aromatic heterocycles. The molecule has 0 aliphatic heterocycles. The quantitative estimate of drug-likeness (QED) is 0.765. The fraction of sp³-hybridized carbons (Fsp3) is 0.0714. The standard InChI is InChI=1S/C14H11ClN2O/c15-11-5-1-3-9-7-12(18-14(9)11)13(16)10-4-2-6-17-8-10/h1-8,13H,16H2. The highest BCUT2D eigenvalue weighted by Crippen LogP contribution is 2.30. The average Bonchev–Trinajstić information content (AvgIpc) is 2.84. The monoisotopic (exact) mass is 258 g/mol. The second-order valence-corrected chi connectivity index (χ2v) is 4.48. The number of para-hydroxylation sites is 1. The molecule has 18 heavy (non-hydrogen) atoms. The Kier molecular flexibility index (Phi) is 2.78. The van der Waals surface area contributed by atoms with Crippen molar-refractivity contribution in [1.29, 1.82) is 0 Å². The summed E-state index contributed by atoms with van der Waals surface area (Å²) >= 11 is 6.07. The highest BCUT2D eigenvalue weighted by atomic mass is 35.5. The SMILES string of the molecule is NC(c1cccnc1)c1cc2cccc(Cl)c2o1. The highest BCUT2D eigenvalue weighted by molar-refractivity contribution is 6.34. The molecule has 1 atom stereocenters. The van der Waals surface area contributed by atoms with Gasteiger partial charge in [0.15, 0.2) is 5.58 Å². The van der Waals surface area contributed by atoms with Gasteiger partial charge in [-0.1, -0.05) is 29.8 Å². The Bertz CT molecular complexity index is 679. The van der Waals surface area contributed by atoms with E-state index in [4.69, 9.17) is 21.8 Å². The predicted molar refractivity (Wildman–Crippen MR) is 71.5 cm³/mol. The largest absolute Gasteiger partial charge is 0.457 e. The number of nitrogens with two attached hydrogens (primary N) is 1. The van der Waals surface area contributed by atoms with Gasteiger partial charge in [0.25, 0.3) is 0 Å². The number of aromatic nitrogens is 1. The van der Waals surface area contributed by atoms with Crippen LogP contribution in [0.3, 0.4) is 0 Å². The molecule has 0 aliphatic rings. The third-order valence-corrected chi connectivity index (χ3v) is 3.16. The molecule has 0 saturated carbocycles. The van der Waals surface area contributed by atoms with Gasteiger partial charge in [-0.05, 0) is 23.8 Å². The number of rotatable bonds is 2. The summed E-state index contributed by atoms with van der Waals surface area (Å²) in [5, 5.41) is 1.55. The van der Waals surface area contributed by atoms with E-state index in [1.54, 1.807) is 18.5 Å². The van der Waals surface area contributed by atoms with Gasteiger partial charge in [-0.3, -0.25) is 4.98 Å². The number of furan rings is 1. The summed E-state index contributed by atoms with van der Waals surface area (Å²) in [6.07, 6.45) is 3.45. The van der Waals surface area contributed by atoms with Crippen LogP contribution in [0.4, 0.5) is 0 Å². The van der Waals surface area contributed by atoms with Gasteiger partial charge in [0, 0.05) is 17.8 Å². The first-order valence-corrected chi connectivity index (χ1v) is 5.97. The lowest BCUT2D eigenvalue weighted by molar-refractivity contribution is 0.524. The number of fused-ring (bicyclic) bond motifs is 1. The van der Waals surface area contributed by atoms with Gasteiger partial charge in [0.1, 0.15) is 5.76 Å². The van der Waals surface area contributed by atoms with Crippen LogP contribution in [-0.2, 0) is 0 Å². The van der Waals surface area contributed by atoms with E-state index in [1.165, 1.54) is 0 Å². The second kappa shape index (κ2) is 4.44. The number of halogens is 1. The van der Waals surface area contributed by atoms with Crippen molar-refractivity contribution >= 4 is 22.6 Å². The van der Waals surface area contributed by atoms with Crippen LogP contribution in [0, 0.1) is 0 Å². The molecule has 90 valence electrons. The Hall–Kier alpha value is -1.84. The highest BCUT2D eigenvalue weighted by Gasteiger charge is 2.15. The molecule has 0 amide bonds. The van der Waals surface area contributed by atoms with Crippen molar-refractivity contribution in [1.82, 2.24) is 4.98 Å². The Balaban J connectivity index is 2.07. The van der Waals surface area contributed by atoms with Crippen molar-refractivity contribution in [2.45, 2.75) is 6.04 Å². The summed E-state index contributed by atoms with van der Waals surface area (Å²) in [4.78, 5) is 4.06. The molecule has 0 radical (unpaired) electrons. The molecule has 3 aromatic rings. The van der Waals surface area contributed by atoms with E-state index in [1.807, 2.05) is 30.3 Å². The molecule has 0 fully saturated rings. The molecule has 0 bridgehead atoms. The van der Waals surface area contributed by atoms with Crippen molar-refractivity contribution in [2.24, 2.45) is 5.73 Å². The molecule has 1 unspecified atom stereocenters. The van der Waals surface area contributed by atoms with E-state index < -0.39 is 0 Å². The first-order chi connectivity index (χ1) is 8.75. The summed E-state index contributed by atoms with van der Waals surface area (Å²) in [5.74, 6) is 0.686. The maximum Gasteiger partial charge on any atom is 0.152 e. The minimum atomic E-state index is -0.331. The predicted octanol–water partition coefficient (Wildman–Crippen LogP) is 3.53. The summed E-state index contributed by atoms with van der Waals surface area (Å²) in [6, 6.07) is 11.0. The van der Waals surface area contributed by atoms with Gasteiger partial charge in [0.05, 0.1) is 11.1 Å². The van der Waals surface area contributed by atoms with Crippen LogP contribution < -0.4 is 5.73 Å². The zero-order valence-electron chi connectivity index (χ0n) is 9.51. The van der Waals surface area contributed by atoms with Crippen molar-refractivity contribution in [3.8, 4) is 0 Å². The molecule has 1 aromatic carbocycles. The van der Waals surface area contributed by atoms with Crippen LogP contribution in [0.2, 0.25) is 5.02 Å². The minimum Gasteiger partial charge on any atom is -0.457 e. The van der Waals surface area contributed by atoms with E-state index in [0.717, 1.165) is 10.9 Å². The molecule has 2 N–H and O–H groups in total. The van der Waals surface area contributed by atoms with Crippen LogP contribution >= 0.6 is 11.6 Å². The van der Waals surface area contributed by atoms with Crippen LogP contribution in [-0.4, -0.2) is 4.98 Å². The van der Waals surface area contributed by atoms with Crippen LogP contribution in [0.5, 0.6) is 0 Å². The minimum absolute atomic E-state index is 0.331. The van der Waals surface area contributed by atoms with E-state index in [-0.39, 0.29) is 6.04 Å².